The molecule has 3 rings (SSSR count). The van der Waals surface area contributed by atoms with E-state index in [0.717, 1.165) is 42.1 Å². The van der Waals surface area contributed by atoms with Crippen molar-refractivity contribution in [3.05, 3.63) is 52.7 Å². The highest BCUT2D eigenvalue weighted by atomic mass is 19.1. The number of aryl methyl sites for hydroxylation is 2. The summed E-state index contributed by atoms with van der Waals surface area (Å²) in [5, 5.41) is 14.2. The van der Waals surface area contributed by atoms with Gasteiger partial charge in [-0.05, 0) is 38.0 Å². The van der Waals surface area contributed by atoms with Gasteiger partial charge in [-0.25, -0.2) is 4.39 Å². The van der Waals surface area contributed by atoms with E-state index in [9.17, 15) is 9.50 Å². The predicted molar refractivity (Wildman–Crippen MR) is 87.0 cm³/mol. The van der Waals surface area contributed by atoms with Gasteiger partial charge in [0.1, 0.15) is 11.6 Å². The Morgan fingerprint density at radius 3 is 2.79 bits per heavy atom. The molecule has 1 fully saturated rings. The van der Waals surface area contributed by atoms with Crippen LogP contribution in [0.15, 0.2) is 28.8 Å². The van der Waals surface area contributed by atoms with Gasteiger partial charge in [0.25, 0.3) is 0 Å². The number of aliphatic hydroxyl groups excluding tert-OH is 1. The number of hydrogen-bond acceptors (Lipinski definition) is 5. The van der Waals surface area contributed by atoms with Gasteiger partial charge in [-0.2, -0.15) is 0 Å². The zero-order valence-corrected chi connectivity index (χ0v) is 14.0. The highest BCUT2D eigenvalue weighted by Gasteiger charge is 2.25. The SMILES string of the molecule is Cc1noc(C)c1COC1CCN(CC(O)c2ccc(F)cc2)C1. The van der Waals surface area contributed by atoms with E-state index in [1.54, 1.807) is 12.1 Å². The summed E-state index contributed by atoms with van der Waals surface area (Å²) >= 11 is 0. The molecule has 2 heterocycles. The van der Waals surface area contributed by atoms with E-state index >= 15 is 0 Å². The second-order valence-electron chi connectivity index (χ2n) is 6.35. The van der Waals surface area contributed by atoms with Crippen molar-refractivity contribution in [1.29, 1.82) is 0 Å². The fourth-order valence-electron chi connectivity index (χ4n) is 3.04. The van der Waals surface area contributed by atoms with Crippen LogP contribution in [-0.2, 0) is 11.3 Å². The molecule has 5 nitrogen and oxygen atoms in total. The lowest BCUT2D eigenvalue weighted by molar-refractivity contribution is 0.0409. The zero-order chi connectivity index (χ0) is 17.1. The number of halogens is 1. The molecule has 2 atom stereocenters. The molecule has 0 spiro atoms. The van der Waals surface area contributed by atoms with Crippen molar-refractivity contribution in [2.75, 3.05) is 19.6 Å². The van der Waals surface area contributed by atoms with E-state index in [2.05, 4.69) is 10.1 Å². The molecular weight excluding hydrogens is 311 g/mol. The Morgan fingerprint density at radius 1 is 1.38 bits per heavy atom. The number of likely N-dealkylation sites (tertiary alicyclic amines) is 1. The highest BCUT2D eigenvalue weighted by molar-refractivity contribution is 5.20. The van der Waals surface area contributed by atoms with Crippen molar-refractivity contribution in [2.24, 2.45) is 0 Å². The van der Waals surface area contributed by atoms with E-state index in [0.29, 0.717) is 13.2 Å². The van der Waals surface area contributed by atoms with Gasteiger partial charge in [0, 0.05) is 25.2 Å². The molecule has 0 radical (unpaired) electrons. The van der Waals surface area contributed by atoms with Crippen LogP contribution in [0.1, 0.15) is 35.1 Å². The van der Waals surface area contributed by atoms with Crippen LogP contribution >= 0.6 is 0 Å². The summed E-state index contributed by atoms with van der Waals surface area (Å²) in [5.74, 6) is 0.508. The standard InChI is InChI=1S/C18H23FN2O3/c1-12-17(13(2)24-20-12)11-23-16-7-8-21(9-16)10-18(22)14-3-5-15(19)6-4-14/h3-6,16,18,22H,7-11H2,1-2H3. The number of aromatic nitrogens is 1. The fourth-order valence-corrected chi connectivity index (χ4v) is 3.04. The molecule has 24 heavy (non-hydrogen) atoms. The summed E-state index contributed by atoms with van der Waals surface area (Å²) in [4.78, 5) is 2.17. The van der Waals surface area contributed by atoms with Crippen LogP contribution in [-0.4, -0.2) is 40.9 Å². The smallest absolute Gasteiger partial charge is 0.139 e. The summed E-state index contributed by atoms with van der Waals surface area (Å²) in [6.07, 6.45) is 0.450. The second-order valence-corrected chi connectivity index (χ2v) is 6.35. The zero-order valence-electron chi connectivity index (χ0n) is 14.0. The van der Waals surface area contributed by atoms with Crippen LogP contribution in [0, 0.1) is 19.7 Å². The van der Waals surface area contributed by atoms with Gasteiger partial charge in [-0.1, -0.05) is 17.3 Å². The number of aliphatic hydroxyl groups is 1. The first kappa shape index (κ1) is 17.1. The van der Waals surface area contributed by atoms with Crippen molar-refractivity contribution in [2.45, 2.75) is 39.1 Å². The lowest BCUT2D eigenvalue weighted by Gasteiger charge is -2.20. The van der Waals surface area contributed by atoms with Gasteiger partial charge in [0.15, 0.2) is 0 Å². The maximum absolute atomic E-state index is 12.9. The average molecular weight is 334 g/mol. The first-order valence-corrected chi connectivity index (χ1v) is 8.22. The molecule has 6 heteroatoms. The van der Waals surface area contributed by atoms with Crippen molar-refractivity contribution < 1.29 is 18.8 Å². The maximum atomic E-state index is 12.9. The Morgan fingerprint density at radius 2 is 2.12 bits per heavy atom. The third-order valence-corrected chi connectivity index (χ3v) is 4.56. The van der Waals surface area contributed by atoms with Gasteiger partial charge in [0.2, 0.25) is 0 Å². The Bertz CT molecular complexity index is 652. The third kappa shape index (κ3) is 4.01. The first-order valence-electron chi connectivity index (χ1n) is 8.22. The number of nitrogens with zero attached hydrogens (tertiary/aromatic N) is 2. The van der Waals surface area contributed by atoms with Gasteiger partial charge in [-0.3, -0.25) is 4.90 Å². The van der Waals surface area contributed by atoms with E-state index < -0.39 is 6.10 Å². The predicted octanol–water partition coefficient (Wildman–Crippen LogP) is 2.76. The van der Waals surface area contributed by atoms with Crippen molar-refractivity contribution in [3.8, 4) is 0 Å². The van der Waals surface area contributed by atoms with E-state index in [4.69, 9.17) is 9.26 Å². The lowest BCUT2D eigenvalue weighted by atomic mass is 10.1. The molecule has 1 aliphatic heterocycles. The van der Waals surface area contributed by atoms with Crippen LogP contribution in [0.3, 0.4) is 0 Å². The van der Waals surface area contributed by atoms with Crippen LogP contribution in [0.4, 0.5) is 4.39 Å². The summed E-state index contributed by atoms with van der Waals surface area (Å²) in [6.45, 7) is 6.48. The summed E-state index contributed by atoms with van der Waals surface area (Å²) in [7, 11) is 0. The molecule has 1 aromatic heterocycles. The first-order chi connectivity index (χ1) is 11.5. The molecule has 1 aliphatic rings. The number of ether oxygens (including phenoxy) is 1. The topological polar surface area (TPSA) is 58.7 Å². The van der Waals surface area contributed by atoms with Crippen molar-refractivity contribution >= 4 is 0 Å². The Labute approximate surface area is 141 Å². The number of β-amino-alcohol motifs (C(OH)–C–C–N with tert-alkyl or cyclic N) is 1. The maximum Gasteiger partial charge on any atom is 0.139 e. The molecule has 1 aromatic carbocycles. The van der Waals surface area contributed by atoms with E-state index in [1.165, 1.54) is 12.1 Å². The van der Waals surface area contributed by atoms with Crippen molar-refractivity contribution in [1.82, 2.24) is 10.1 Å². The van der Waals surface area contributed by atoms with Gasteiger partial charge >= 0.3 is 0 Å². The molecule has 2 unspecified atom stereocenters. The van der Waals surface area contributed by atoms with Gasteiger partial charge in [0.05, 0.1) is 24.5 Å². The molecule has 0 saturated carbocycles. The summed E-state index contributed by atoms with van der Waals surface area (Å²) in [5.41, 5.74) is 2.62. The minimum absolute atomic E-state index is 0.138. The van der Waals surface area contributed by atoms with Crippen LogP contribution in [0.5, 0.6) is 0 Å². The monoisotopic (exact) mass is 334 g/mol. The third-order valence-electron chi connectivity index (χ3n) is 4.56. The molecule has 0 bridgehead atoms. The molecule has 1 saturated heterocycles. The fraction of sp³-hybridized carbons (Fsp3) is 0.500. The minimum Gasteiger partial charge on any atom is -0.387 e. The molecule has 2 aromatic rings. The molecule has 1 N–H and O–H groups in total. The Hall–Kier alpha value is -1.76. The van der Waals surface area contributed by atoms with Gasteiger partial charge < -0.3 is 14.4 Å². The number of benzene rings is 1. The molecular formula is C18H23FN2O3. The minimum atomic E-state index is -0.619. The van der Waals surface area contributed by atoms with Crippen LogP contribution in [0.25, 0.3) is 0 Å². The van der Waals surface area contributed by atoms with Crippen LogP contribution < -0.4 is 0 Å². The molecule has 130 valence electrons. The number of rotatable bonds is 6. The Balaban J connectivity index is 1.47. The lowest BCUT2D eigenvalue weighted by Crippen LogP contribution is -2.28. The second kappa shape index (κ2) is 7.42. The molecule has 0 aliphatic carbocycles. The summed E-state index contributed by atoms with van der Waals surface area (Å²) in [6, 6.07) is 6.00. The van der Waals surface area contributed by atoms with Crippen LogP contribution in [0.2, 0.25) is 0 Å². The van der Waals surface area contributed by atoms with Gasteiger partial charge in [-0.15, -0.1) is 0 Å². The quantitative estimate of drug-likeness (QED) is 0.880. The van der Waals surface area contributed by atoms with E-state index in [1.807, 2.05) is 13.8 Å². The Kier molecular flexibility index (Phi) is 5.28. The highest BCUT2D eigenvalue weighted by Crippen LogP contribution is 2.21. The molecule has 0 amide bonds. The van der Waals surface area contributed by atoms with Crippen molar-refractivity contribution in [3.63, 3.8) is 0 Å². The average Bonchev–Trinajstić information content (AvgIpc) is 3.13. The normalized spacial score (nSPS) is 19.8. The summed E-state index contributed by atoms with van der Waals surface area (Å²) < 4.78 is 24.1. The van der Waals surface area contributed by atoms with E-state index in [-0.39, 0.29) is 11.9 Å². The largest absolute Gasteiger partial charge is 0.387 e. The number of hydrogen-bond donors (Lipinski definition) is 1.